The van der Waals surface area contributed by atoms with Crippen molar-refractivity contribution in [2.75, 3.05) is 10.7 Å². The predicted molar refractivity (Wildman–Crippen MR) is 93.4 cm³/mol. The van der Waals surface area contributed by atoms with Crippen LogP contribution in [0.3, 0.4) is 0 Å². The first-order valence-corrected chi connectivity index (χ1v) is 9.60. The SMILES string of the molecule is Clc1ccc(C(CBr)(CBr)CCc2cccs2)cc1. The van der Waals surface area contributed by atoms with E-state index in [0.717, 1.165) is 28.5 Å². The number of hydrogen-bond acceptors (Lipinski definition) is 1. The largest absolute Gasteiger partial charge is 0.149 e. The number of rotatable bonds is 6. The van der Waals surface area contributed by atoms with Crippen LogP contribution >= 0.6 is 54.8 Å². The smallest absolute Gasteiger partial charge is 0.0406 e. The van der Waals surface area contributed by atoms with Gasteiger partial charge in [-0.25, -0.2) is 0 Å². The summed E-state index contributed by atoms with van der Waals surface area (Å²) >= 11 is 15.2. The van der Waals surface area contributed by atoms with Gasteiger partial charge in [0, 0.05) is 26.0 Å². The first-order valence-electron chi connectivity index (χ1n) is 6.10. The second-order valence-electron chi connectivity index (χ2n) is 4.63. The molecular weight excluding hydrogens is 407 g/mol. The van der Waals surface area contributed by atoms with Crippen molar-refractivity contribution in [2.45, 2.75) is 18.3 Å². The van der Waals surface area contributed by atoms with Crippen LogP contribution in [0.15, 0.2) is 41.8 Å². The van der Waals surface area contributed by atoms with Crippen LogP contribution in [0.5, 0.6) is 0 Å². The van der Waals surface area contributed by atoms with Crippen molar-refractivity contribution in [3.8, 4) is 0 Å². The molecule has 4 heteroatoms. The number of alkyl halides is 2. The quantitative estimate of drug-likeness (QED) is 0.496. The van der Waals surface area contributed by atoms with Gasteiger partial charge in [0.1, 0.15) is 0 Å². The minimum absolute atomic E-state index is 0.120. The van der Waals surface area contributed by atoms with E-state index in [0.29, 0.717) is 0 Å². The fourth-order valence-electron chi connectivity index (χ4n) is 2.09. The monoisotopic (exact) mass is 420 g/mol. The molecule has 0 saturated carbocycles. The Labute approximate surface area is 140 Å². The molecule has 1 heterocycles. The maximum atomic E-state index is 5.98. The summed E-state index contributed by atoms with van der Waals surface area (Å²) in [4.78, 5) is 1.44. The summed E-state index contributed by atoms with van der Waals surface area (Å²) in [7, 11) is 0. The minimum Gasteiger partial charge on any atom is -0.149 e. The lowest BCUT2D eigenvalue weighted by Crippen LogP contribution is -2.30. The molecule has 0 saturated heterocycles. The van der Waals surface area contributed by atoms with Crippen molar-refractivity contribution in [3.63, 3.8) is 0 Å². The molecule has 0 atom stereocenters. The van der Waals surface area contributed by atoms with Gasteiger partial charge in [-0.2, -0.15) is 0 Å². The number of aryl methyl sites for hydroxylation is 1. The Balaban J connectivity index is 2.19. The van der Waals surface area contributed by atoms with E-state index in [1.807, 2.05) is 23.5 Å². The van der Waals surface area contributed by atoms with Gasteiger partial charge in [-0.1, -0.05) is 61.7 Å². The highest BCUT2D eigenvalue weighted by atomic mass is 79.9. The van der Waals surface area contributed by atoms with Crippen molar-refractivity contribution < 1.29 is 0 Å². The first kappa shape index (κ1) is 15.6. The number of hydrogen-bond donors (Lipinski definition) is 0. The molecule has 0 N–H and O–H groups in total. The molecule has 19 heavy (non-hydrogen) atoms. The molecule has 0 aliphatic carbocycles. The molecule has 0 radical (unpaired) electrons. The van der Waals surface area contributed by atoms with Crippen LogP contribution in [0, 0.1) is 0 Å². The van der Waals surface area contributed by atoms with Gasteiger partial charge in [0.25, 0.3) is 0 Å². The summed E-state index contributed by atoms with van der Waals surface area (Å²) in [6, 6.07) is 12.6. The molecule has 0 aliphatic heterocycles. The van der Waals surface area contributed by atoms with Gasteiger partial charge in [-0.05, 0) is 42.0 Å². The summed E-state index contributed by atoms with van der Waals surface area (Å²) < 4.78 is 0. The van der Waals surface area contributed by atoms with Gasteiger partial charge in [0.15, 0.2) is 0 Å². The highest BCUT2D eigenvalue weighted by Gasteiger charge is 2.29. The normalized spacial score (nSPS) is 11.7. The predicted octanol–water partition coefficient (Wildman–Crippen LogP) is 6.06. The second kappa shape index (κ2) is 7.26. The van der Waals surface area contributed by atoms with Crippen molar-refractivity contribution in [3.05, 3.63) is 57.2 Å². The van der Waals surface area contributed by atoms with Crippen LogP contribution in [0.4, 0.5) is 0 Å². The van der Waals surface area contributed by atoms with Gasteiger partial charge in [0.05, 0.1) is 0 Å². The zero-order valence-corrected chi connectivity index (χ0v) is 15.2. The number of benzene rings is 1. The Kier molecular flexibility index (Phi) is 5.94. The van der Waals surface area contributed by atoms with Crippen LogP contribution in [0.2, 0.25) is 5.02 Å². The fourth-order valence-corrected chi connectivity index (χ4v) is 5.06. The van der Waals surface area contributed by atoms with E-state index >= 15 is 0 Å². The van der Waals surface area contributed by atoms with Crippen LogP contribution in [-0.4, -0.2) is 10.7 Å². The maximum absolute atomic E-state index is 5.98. The van der Waals surface area contributed by atoms with Crippen LogP contribution < -0.4 is 0 Å². The van der Waals surface area contributed by atoms with Crippen molar-refractivity contribution >= 4 is 54.8 Å². The standard InChI is InChI=1S/C15H15Br2ClS/c16-10-15(11-17,8-7-14-2-1-9-19-14)12-3-5-13(18)6-4-12/h1-6,9H,7-8,10-11H2. The van der Waals surface area contributed by atoms with Gasteiger partial charge in [-0.15, -0.1) is 11.3 Å². The lowest BCUT2D eigenvalue weighted by atomic mass is 9.80. The molecule has 2 rings (SSSR count). The first-order chi connectivity index (χ1) is 9.20. The van der Waals surface area contributed by atoms with E-state index in [1.165, 1.54) is 10.4 Å². The Bertz CT molecular complexity index is 489. The molecule has 2 aromatic rings. The average Bonchev–Trinajstić information content (AvgIpc) is 2.95. The Hall–Kier alpha value is 0.170. The lowest BCUT2D eigenvalue weighted by Gasteiger charge is -2.30. The van der Waals surface area contributed by atoms with Crippen LogP contribution in [0.1, 0.15) is 16.9 Å². The molecular formula is C15H15Br2ClS. The molecule has 0 bridgehead atoms. The van der Waals surface area contributed by atoms with Crippen molar-refractivity contribution in [2.24, 2.45) is 0 Å². The Morgan fingerprint density at radius 3 is 2.26 bits per heavy atom. The number of thiophene rings is 1. The van der Waals surface area contributed by atoms with E-state index < -0.39 is 0 Å². The van der Waals surface area contributed by atoms with Crippen LogP contribution in [0.25, 0.3) is 0 Å². The summed E-state index contributed by atoms with van der Waals surface area (Å²) in [5, 5.41) is 4.82. The summed E-state index contributed by atoms with van der Waals surface area (Å²) in [6.45, 7) is 0. The third-order valence-electron chi connectivity index (χ3n) is 3.40. The van der Waals surface area contributed by atoms with E-state index in [1.54, 1.807) is 0 Å². The molecule has 0 aliphatic rings. The Morgan fingerprint density at radius 2 is 1.74 bits per heavy atom. The zero-order chi connectivity index (χ0) is 13.7. The molecule has 0 amide bonds. The molecule has 1 aromatic heterocycles. The number of halogens is 3. The van der Waals surface area contributed by atoms with Gasteiger partial charge in [0.2, 0.25) is 0 Å². The Morgan fingerprint density at radius 1 is 1.05 bits per heavy atom. The highest BCUT2D eigenvalue weighted by molar-refractivity contribution is 9.09. The van der Waals surface area contributed by atoms with Gasteiger partial charge < -0.3 is 0 Å². The van der Waals surface area contributed by atoms with Crippen molar-refractivity contribution in [1.29, 1.82) is 0 Å². The molecule has 0 fully saturated rings. The zero-order valence-electron chi connectivity index (χ0n) is 10.4. The maximum Gasteiger partial charge on any atom is 0.0406 e. The molecule has 102 valence electrons. The topological polar surface area (TPSA) is 0 Å². The highest BCUT2D eigenvalue weighted by Crippen LogP contribution is 2.34. The summed E-state index contributed by atoms with van der Waals surface area (Å²) in [5.74, 6) is 0. The summed E-state index contributed by atoms with van der Waals surface area (Å²) in [6.07, 6.45) is 2.23. The van der Waals surface area contributed by atoms with E-state index in [9.17, 15) is 0 Å². The average molecular weight is 423 g/mol. The summed E-state index contributed by atoms with van der Waals surface area (Å²) in [5.41, 5.74) is 1.45. The van der Waals surface area contributed by atoms with E-state index in [-0.39, 0.29) is 5.41 Å². The van der Waals surface area contributed by atoms with E-state index in [4.69, 9.17) is 11.6 Å². The lowest BCUT2D eigenvalue weighted by molar-refractivity contribution is 0.507. The van der Waals surface area contributed by atoms with E-state index in [2.05, 4.69) is 61.5 Å². The second-order valence-corrected chi connectivity index (χ2v) is 7.22. The van der Waals surface area contributed by atoms with Gasteiger partial charge in [-0.3, -0.25) is 0 Å². The molecule has 0 spiro atoms. The van der Waals surface area contributed by atoms with Gasteiger partial charge >= 0.3 is 0 Å². The molecule has 1 aromatic carbocycles. The van der Waals surface area contributed by atoms with Crippen LogP contribution in [-0.2, 0) is 11.8 Å². The molecule has 0 unspecified atom stereocenters. The van der Waals surface area contributed by atoms with Crippen molar-refractivity contribution in [1.82, 2.24) is 0 Å². The third kappa shape index (κ3) is 3.84. The molecule has 0 nitrogen and oxygen atoms in total. The third-order valence-corrected chi connectivity index (χ3v) is 6.73. The minimum atomic E-state index is 0.120. The fraction of sp³-hybridized carbons (Fsp3) is 0.333.